The maximum absolute atomic E-state index is 12.2. The molecule has 0 spiro atoms. The summed E-state index contributed by atoms with van der Waals surface area (Å²) in [5.74, 6) is -0.465. The second-order valence-electron chi connectivity index (χ2n) is 4.87. The standard InChI is InChI=1S/C16H10ClNO4S2/c17-10-3-1-2-9(6-10)12-5-4-11(22-12)7-13-15(21)18(8-14(19)20)16(23)24-13/h1-7H,8H2,(H,19,20)/b13-7-. The lowest BCUT2D eigenvalue weighted by molar-refractivity contribution is -0.140. The SMILES string of the molecule is O=C(O)CN1C(=O)/C(=C/c2ccc(-c3cccc(Cl)c3)o2)SC1=S. The topological polar surface area (TPSA) is 70.8 Å². The molecule has 1 N–H and O–H groups in total. The van der Waals surface area contributed by atoms with Crippen molar-refractivity contribution >= 4 is 57.9 Å². The fourth-order valence-corrected chi connectivity index (χ4v) is 3.55. The minimum Gasteiger partial charge on any atom is -0.480 e. The van der Waals surface area contributed by atoms with E-state index in [2.05, 4.69) is 0 Å². The number of rotatable bonds is 4. The number of thiocarbonyl (C=S) groups is 1. The second kappa shape index (κ2) is 6.80. The average molecular weight is 380 g/mol. The van der Waals surface area contributed by atoms with Crippen LogP contribution in [0.2, 0.25) is 5.02 Å². The van der Waals surface area contributed by atoms with Gasteiger partial charge in [-0.15, -0.1) is 0 Å². The number of furan rings is 1. The van der Waals surface area contributed by atoms with Crippen LogP contribution in [0.25, 0.3) is 17.4 Å². The highest BCUT2D eigenvalue weighted by molar-refractivity contribution is 8.26. The Hall–Kier alpha value is -2.09. The molecular formula is C16H10ClNO4S2. The van der Waals surface area contributed by atoms with E-state index in [1.807, 2.05) is 12.1 Å². The number of nitrogens with zero attached hydrogens (tertiary/aromatic N) is 1. The minimum atomic E-state index is -1.12. The molecule has 8 heteroatoms. The number of carbonyl (C=O) groups excluding carboxylic acids is 1. The molecule has 0 radical (unpaired) electrons. The highest BCUT2D eigenvalue weighted by atomic mass is 35.5. The molecule has 5 nitrogen and oxygen atoms in total. The van der Waals surface area contributed by atoms with Crippen LogP contribution in [0.3, 0.4) is 0 Å². The summed E-state index contributed by atoms with van der Waals surface area (Å²) in [7, 11) is 0. The van der Waals surface area contributed by atoms with Crippen LogP contribution in [0, 0.1) is 0 Å². The zero-order valence-corrected chi connectivity index (χ0v) is 14.5. The largest absolute Gasteiger partial charge is 0.480 e. The molecular weight excluding hydrogens is 370 g/mol. The molecule has 3 rings (SSSR count). The summed E-state index contributed by atoms with van der Waals surface area (Å²) in [6, 6.07) is 10.7. The molecule has 24 heavy (non-hydrogen) atoms. The van der Waals surface area contributed by atoms with E-state index in [1.165, 1.54) is 0 Å². The quantitative estimate of drug-likeness (QED) is 0.642. The molecule has 1 amide bonds. The number of amides is 1. The lowest BCUT2D eigenvalue weighted by Crippen LogP contribution is -2.33. The smallest absolute Gasteiger partial charge is 0.323 e. The summed E-state index contributed by atoms with van der Waals surface area (Å²) in [4.78, 5) is 24.4. The number of benzene rings is 1. The Bertz CT molecular complexity index is 874. The maximum atomic E-state index is 12.2. The third kappa shape index (κ3) is 3.53. The first-order chi connectivity index (χ1) is 11.4. The molecule has 0 unspecified atom stereocenters. The normalized spacial score (nSPS) is 16.2. The van der Waals surface area contributed by atoms with Crippen molar-refractivity contribution in [1.29, 1.82) is 0 Å². The number of carboxylic acid groups (broad SMARTS) is 1. The van der Waals surface area contributed by atoms with Gasteiger partial charge in [0.15, 0.2) is 0 Å². The highest BCUT2D eigenvalue weighted by Crippen LogP contribution is 2.33. The van der Waals surface area contributed by atoms with Crippen LogP contribution in [-0.2, 0) is 9.59 Å². The first kappa shape index (κ1) is 16.8. The minimum absolute atomic E-state index is 0.218. The Morgan fingerprint density at radius 2 is 2.17 bits per heavy atom. The third-order valence-corrected chi connectivity index (χ3v) is 4.79. The van der Waals surface area contributed by atoms with E-state index in [0.29, 0.717) is 21.4 Å². The lowest BCUT2D eigenvalue weighted by atomic mass is 10.2. The van der Waals surface area contributed by atoms with Crippen molar-refractivity contribution in [1.82, 2.24) is 4.90 Å². The Morgan fingerprint density at radius 1 is 1.38 bits per heavy atom. The van der Waals surface area contributed by atoms with Gasteiger partial charge >= 0.3 is 5.97 Å². The molecule has 1 aliphatic rings. The summed E-state index contributed by atoms with van der Waals surface area (Å²) in [6.07, 6.45) is 1.55. The van der Waals surface area contributed by atoms with Crippen molar-refractivity contribution < 1.29 is 19.1 Å². The number of hydrogen-bond donors (Lipinski definition) is 1. The van der Waals surface area contributed by atoms with Crippen LogP contribution in [0.1, 0.15) is 5.76 Å². The van der Waals surface area contributed by atoms with Crippen LogP contribution < -0.4 is 0 Å². The van der Waals surface area contributed by atoms with Crippen molar-refractivity contribution in [2.24, 2.45) is 0 Å². The molecule has 0 atom stereocenters. The van der Waals surface area contributed by atoms with Gasteiger partial charge in [-0.05, 0) is 24.3 Å². The molecule has 1 saturated heterocycles. The molecule has 122 valence electrons. The van der Waals surface area contributed by atoms with E-state index in [9.17, 15) is 9.59 Å². The van der Waals surface area contributed by atoms with Gasteiger partial charge in [-0.25, -0.2) is 0 Å². The van der Waals surface area contributed by atoms with E-state index in [4.69, 9.17) is 33.3 Å². The number of hydrogen-bond acceptors (Lipinski definition) is 5. The van der Waals surface area contributed by atoms with Gasteiger partial charge in [0.1, 0.15) is 22.4 Å². The highest BCUT2D eigenvalue weighted by Gasteiger charge is 2.33. The summed E-state index contributed by atoms with van der Waals surface area (Å²) in [5, 5.41) is 9.42. The molecule has 0 aliphatic carbocycles. The van der Waals surface area contributed by atoms with Crippen LogP contribution in [-0.4, -0.2) is 32.7 Å². The predicted molar refractivity (Wildman–Crippen MR) is 96.7 cm³/mol. The molecule has 1 aliphatic heterocycles. The number of aliphatic carboxylic acids is 1. The summed E-state index contributed by atoms with van der Waals surface area (Å²) >= 11 is 12.1. The van der Waals surface area contributed by atoms with Gasteiger partial charge in [0.2, 0.25) is 0 Å². The van der Waals surface area contributed by atoms with Gasteiger partial charge in [0.05, 0.1) is 4.91 Å². The second-order valence-corrected chi connectivity index (χ2v) is 6.99. The van der Waals surface area contributed by atoms with Gasteiger partial charge in [-0.1, -0.05) is 47.7 Å². The van der Waals surface area contributed by atoms with Gasteiger partial charge in [-0.3, -0.25) is 14.5 Å². The molecule has 1 fully saturated rings. The van der Waals surface area contributed by atoms with Gasteiger partial charge in [0.25, 0.3) is 5.91 Å². The van der Waals surface area contributed by atoms with E-state index in [0.717, 1.165) is 22.2 Å². The number of thioether (sulfide) groups is 1. The lowest BCUT2D eigenvalue weighted by Gasteiger charge is -2.09. The first-order valence-corrected chi connectivity index (χ1v) is 8.37. The van der Waals surface area contributed by atoms with E-state index >= 15 is 0 Å². The third-order valence-electron chi connectivity index (χ3n) is 3.18. The Labute approximate surface area is 151 Å². The molecule has 1 aromatic heterocycles. The van der Waals surface area contributed by atoms with Crippen LogP contribution in [0.15, 0.2) is 45.7 Å². The molecule has 2 aromatic rings. The summed E-state index contributed by atoms with van der Waals surface area (Å²) < 4.78 is 5.93. The number of carboxylic acids is 1. The van der Waals surface area contributed by atoms with Crippen LogP contribution in [0.4, 0.5) is 0 Å². The van der Waals surface area contributed by atoms with Gasteiger partial charge < -0.3 is 9.52 Å². The fraction of sp³-hybridized carbons (Fsp3) is 0.0625. The fourth-order valence-electron chi connectivity index (χ4n) is 2.13. The van der Waals surface area contributed by atoms with Gasteiger partial charge in [-0.2, -0.15) is 0 Å². The van der Waals surface area contributed by atoms with E-state index < -0.39 is 18.4 Å². The van der Waals surface area contributed by atoms with Gasteiger partial charge in [0, 0.05) is 16.7 Å². The molecule has 0 bridgehead atoms. The average Bonchev–Trinajstić information content (AvgIpc) is 3.08. The monoisotopic (exact) mass is 379 g/mol. The molecule has 0 saturated carbocycles. The summed E-state index contributed by atoms with van der Waals surface area (Å²) in [5.41, 5.74) is 0.820. The maximum Gasteiger partial charge on any atom is 0.323 e. The molecule has 1 aromatic carbocycles. The summed E-state index contributed by atoms with van der Waals surface area (Å²) in [6.45, 7) is -0.450. The van der Waals surface area contributed by atoms with Crippen molar-refractivity contribution in [3.05, 3.63) is 52.1 Å². The number of carbonyl (C=O) groups is 2. The Balaban J connectivity index is 1.84. The van der Waals surface area contributed by atoms with Crippen molar-refractivity contribution in [2.45, 2.75) is 0 Å². The predicted octanol–water partition coefficient (Wildman–Crippen LogP) is 3.89. The zero-order chi connectivity index (χ0) is 17.3. The Kier molecular flexibility index (Phi) is 4.75. The van der Waals surface area contributed by atoms with Crippen molar-refractivity contribution in [3.8, 4) is 11.3 Å². The number of halogens is 1. The van der Waals surface area contributed by atoms with Crippen LogP contribution >= 0.6 is 35.6 Å². The van der Waals surface area contributed by atoms with E-state index in [1.54, 1.807) is 30.3 Å². The van der Waals surface area contributed by atoms with Crippen molar-refractivity contribution in [3.63, 3.8) is 0 Å². The zero-order valence-electron chi connectivity index (χ0n) is 12.1. The Morgan fingerprint density at radius 3 is 2.88 bits per heavy atom. The van der Waals surface area contributed by atoms with E-state index in [-0.39, 0.29) is 4.32 Å². The van der Waals surface area contributed by atoms with Crippen LogP contribution in [0.5, 0.6) is 0 Å². The molecule has 2 heterocycles. The van der Waals surface area contributed by atoms with Crippen molar-refractivity contribution in [2.75, 3.05) is 6.54 Å². The first-order valence-electron chi connectivity index (χ1n) is 6.77.